The van der Waals surface area contributed by atoms with Gasteiger partial charge in [-0.1, -0.05) is 30.9 Å². The molecule has 2 heteroatoms. The highest BCUT2D eigenvalue weighted by molar-refractivity contribution is 5.45. The molecule has 1 aromatic heterocycles. The van der Waals surface area contributed by atoms with Crippen LogP contribution in [0.2, 0.25) is 0 Å². The van der Waals surface area contributed by atoms with Crippen molar-refractivity contribution in [3.05, 3.63) is 54.8 Å². The van der Waals surface area contributed by atoms with E-state index in [2.05, 4.69) is 11.7 Å². The normalized spacial score (nSPS) is 10.9. The van der Waals surface area contributed by atoms with Crippen molar-refractivity contribution in [1.29, 1.82) is 0 Å². The van der Waals surface area contributed by atoms with Gasteiger partial charge in [-0.25, -0.2) is 4.68 Å². The molecule has 0 aliphatic heterocycles. The number of benzene rings is 1. The number of rotatable bonds is 2. The van der Waals surface area contributed by atoms with Gasteiger partial charge in [-0.05, 0) is 12.1 Å². The monoisotopic (exact) mass is 171 g/mol. The zero-order valence-electron chi connectivity index (χ0n) is 8.14. The second-order valence-electron chi connectivity index (χ2n) is 2.66. The standard InChI is InChI=1S/C11H10N2/c1-2-10-8-12-13(9-10)11-6-4-3-5-7-11/h2-9H,1H2/i9D. The van der Waals surface area contributed by atoms with Gasteiger partial charge in [0.15, 0.2) is 0 Å². The summed E-state index contributed by atoms with van der Waals surface area (Å²) in [7, 11) is 0. The summed E-state index contributed by atoms with van der Waals surface area (Å²) >= 11 is 0. The first-order chi connectivity index (χ1) is 6.83. The maximum atomic E-state index is 7.79. The zero-order chi connectivity index (χ0) is 9.97. The lowest BCUT2D eigenvalue weighted by Crippen LogP contribution is -1.92. The molecule has 0 saturated carbocycles. The first-order valence-corrected chi connectivity index (χ1v) is 4.05. The Labute approximate surface area is 78.5 Å². The second-order valence-corrected chi connectivity index (χ2v) is 2.66. The fourth-order valence-corrected chi connectivity index (χ4v) is 1.10. The van der Waals surface area contributed by atoms with Gasteiger partial charge in [0.25, 0.3) is 0 Å². The summed E-state index contributed by atoms with van der Waals surface area (Å²) in [5, 5.41) is 4.11. The van der Waals surface area contributed by atoms with Gasteiger partial charge in [-0.15, -0.1) is 0 Å². The molecule has 0 saturated heterocycles. The molecule has 2 aromatic rings. The molecule has 0 N–H and O–H groups in total. The Morgan fingerprint density at radius 1 is 1.38 bits per heavy atom. The highest BCUT2D eigenvalue weighted by atomic mass is 15.3. The van der Waals surface area contributed by atoms with Gasteiger partial charge in [0.05, 0.1) is 13.3 Å². The van der Waals surface area contributed by atoms with Crippen LogP contribution in [0.1, 0.15) is 6.93 Å². The Kier molecular flexibility index (Phi) is 1.68. The van der Waals surface area contributed by atoms with E-state index in [0.29, 0.717) is 6.17 Å². The number of para-hydroxylation sites is 1. The van der Waals surface area contributed by atoms with E-state index in [0.717, 1.165) is 11.3 Å². The lowest BCUT2D eigenvalue weighted by atomic mass is 10.3. The van der Waals surface area contributed by atoms with E-state index >= 15 is 0 Å². The van der Waals surface area contributed by atoms with Crippen LogP contribution in [0, 0.1) is 0 Å². The van der Waals surface area contributed by atoms with Crippen LogP contribution in [0.4, 0.5) is 0 Å². The van der Waals surface area contributed by atoms with E-state index < -0.39 is 0 Å². The summed E-state index contributed by atoms with van der Waals surface area (Å²) < 4.78 is 9.37. The van der Waals surface area contributed by atoms with Crippen molar-refractivity contribution in [3.8, 4) is 5.69 Å². The molecule has 1 aromatic carbocycles. The van der Waals surface area contributed by atoms with Crippen LogP contribution >= 0.6 is 0 Å². The predicted octanol–water partition coefficient (Wildman–Crippen LogP) is 2.52. The molecular formula is C11H10N2. The van der Waals surface area contributed by atoms with Crippen molar-refractivity contribution in [1.82, 2.24) is 9.78 Å². The molecule has 1 heterocycles. The molecule has 0 radical (unpaired) electrons. The fourth-order valence-electron chi connectivity index (χ4n) is 1.10. The van der Waals surface area contributed by atoms with Crippen LogP contribution in [-0.2, 0) is 0 Å². The molecule has 0 amide bonds. The van der Waals surface area contributed by atoms with E-state index in [4.69, 9.17) is 1.37 Å². The summed E-state index contributed by atoms with van der Waals surface area (Å²) in [5.41, 5.74) is 1.64. The summed E-state index contributed by atoms with van der Waals surface area (Å²) in [5.74, 6) is 0. The molecule has 0 fully saturated rings. The Bertz CT molecular complexity index is 446. The Morgan fingerprint density at radius 2 is 2.15 bits per heavy atom. The first kappa shape index (κ1) is 6.66. The first-order valence-electron chi connectivity index (χ1n) is 4.55. The topological polar surface area (TPSA) is 17.8 Å². The minimum absolute atomic E-state index is 0.367. The Morgan fingerprint density at radius 3 is 2.77 bits per heavy atom. The van der Waals surface area contributed by atoms with Gasteiger partial charge in [0.2, 0.25) is 0 Å². The second kappa shape index (κ2) is 3.27. The zero-order valence-corrected chi connectivity index (χ0v) is 7.14. The van der Waals surface area contributed by atoms with Gasteiger partial charge < -0.3 is 0 Å². The molecule has 0 aliphatic rings. The van der Waals surface area contributed by atoms with Crippen LogP contribution in [0.25, 0.3) is 11.8 Å². The van der Waals surface area contributed by atoms with Crippen molar-refractivity contribution in [2.24, 2.45) is 0 Å². The quantitative estimate of drug-likeness (QED) is 0.678. The van der Waals surface area contributed by atoms with Crippen LogP contribution in [0.3, 0.4) is 0 Å². The number of hydrogen-bond donors (Lipinski definition) is 0. The van der Waals surface area contributed by atoms with Crippen LogP contribution in [0.15, 0.2) is 49.3 Å². The van der Waals surface area contributed by atoms with Gasteiger partial charge in [0, 0.05) is 11.7 Å². The number of aromatic nitrogens is 2. The molecular weight excluding hydrogens is 160 g/mol. The van der Waals surface area contributed by atoms with E-state index in [9.17, 15) is 0 Å². The highest BCUT2D eigenvalue weighted by Gasteiger charge is 1.95. The highest BCUT2D eigenvalue weighted by Crippen LogP contribution is 2.07. The molecule has 64 valence electrons. The van der Waals surface area contributed by atoms with Crippen molar-refractivity contribution >= 4 is 6.08 Å². The van der Waals surface area contributed by atoms with Crippen molar-refractivity contribution in [2.45, 2.75) is 0 Å². The summed E-state index contributed by atoms with van der Waals surface area (Å²) in [6.07, 6.45) is 3.64. The molecule has 2 nitrogen and oxygen atoms in total. The molecule has 0 unspecified atom stereocenters. The average Bonchev–Trinajstić information content (AvgIpc) is 2.61. The van der Waals surface area contributed by atoms with E-state index in [1.165, 1.54) is 0 Å². The molecule has 0 spiro atoms. The predicted molar refractivity (Wildman–Crippen MR) is 53.7 cm³/mol. The fraction of sp³-hybridized carbons (Fsp3) is 0. The van der Waals surface area contributed by atoms with Gasteiger partial charge in [-0.3, -0.25) is 0 Å². The van der Waals surface area contributed by atoms with Gasteiger partial charge in [0.1, 0.15) is 0 Å². The SMILES string of the molecule is [2H]c1c(C=C)cnn1-c1ccccc1. The lowest BCUT2D eigenvalue weighted by Gasteiger charge is -1.98. The molecule has 0 bridgehead atoms. The third kappa shape index (κ3) is 1.51. The van der Waals surface area contributed by atoms with Crippen molar-refractivity contribution in [3.63, 3.8) is 0 Å². The van der Waals surface area contributed by atoms with Crippen LogP contribution in [0.5, 0.6) is 0 Å². The van der Waals surface area contributed by atoms with Crippen LogP contribution in [-0.4, -0.2) is 9.78 Å². The Balaban J connectivity index is 2.53. The van der Waals surface area contributed by atoms with E-state index in [1.54, 1.807) is 17.0 Å². The minimum atomic E-state index is 0.367. The van der Waals surface area contributed by atoms with E-state index in [-0.39, 0.29) is 0 Å². The smallest absolute Gasteiger partial charge is 0.0848 e. The minimum Gasteiger partial charge on any atom is -0.240 e. The third-order valence-electron chi connectivity index (χ3n) is 1.77. The lowest BCUT2D eigenvalue weighted by molar-refractivity contribution is 0.880. The largest absolute Gasteiger partial charge is 0.240 e. The molecule has 13 heavy (non-hydrogen) atoms. The van der Waals surface area contributed by atoms with Crippen LogP contribution < -0.4 is 0 Å². The van der Waals surface area contributed by atoms with Crippen molar-refractivity contribution < 1.29 is 1.37 Å². The van der Waals surface area contributed by atoms with Crippen molar-refractivity contribution in [2.75, 3.05) is 0 Å². The maximum absolute atomic E-state index is 7.79. The molecule has 0 atom stereocenters. The summed E-state index contributed by atoms with van der Waals surface area (Å²) in [6, 6.07) is 9.61. The molecule has 2 rings (SSSR count). The summed E-state index contributed by atoms with van der Waals surface area (Å²) in [4.78, 5) is 0. The maximum Gasteiger partial charge on any atom is 0.0848 e. The van der Waals surface area contributed by atoms with E-state index in [1.807, 2.05) is 30.3 Å². The number of nitrogens with zero attached hydrogens (tertiary/aromatic N) is 2. The number of hydrogen-bond acceptors (Lipinski definition) is 1. The Hall–Kier alpha value is -1.83. The summed E-state index contributed by atoms with van der Waals surface area (Å²) in [6.45, 7) is 3.63. The van der Waals surface area contributed by atoms with Gasteiger partial charge in [-0.2, -0.15) is 5.10 Å². The third-order valence-corrected chi connectivity index (χ3v) is 1.77. The molecule has 0 aliphatic carbocycles. The average molecular weight is 171 g/mol. The van der Waals surface area contributed by atoms with Gasteiger partial charge >= 0.3 is 0 Å².